The fourth-order valence-electron chi connectivity index (χ4n) is 1.12. The van der Waals surface area contributed by atoms with Crippen molar-refractivity contribution in [2.24, 2.45) is 0 Å². The second-order valence-electron chi connectivity index (χ2n) is 4.85. The summed E-state index contributed by atoms with van der Waals surface area (Å²) in [4.78, 5) is 32.8. The molecule has 3 amide bonds. The predicted octanol–water partition coefficient (Wildman–Crippen LogP) is 1.26. The fourth-order valence-corrected chi connectivity index (χ4v) is 1.12. The molecular formula is C11H20N2O4. The molecule has 0 heterocycles. The monoisotopic (exact) mass is 244 g/mol. The molecule has 0 rings (SSSR count). The first kappa shape index (κ1) is 15.4. The molecule has 0 radical (unpaired) electrons. The molecule has 0 aromatic rings. The first-order valence-electron chi connectivity index (χ1n) is 5.54. The second kappa shape index (κ2) is 6.88. The minimum absolute atomic E-state index is 0.0431. The number of aliphatic carboxylic acids is 1. The van der Waals surface area contributed by atoms with Gasteiger partial charge in [0.2, 0.25) is 5.91 Å². The standard InChI is InChI=1S/C11H20N2O4/c1-11(2,3)13-10(17)12-8(14)6-4-5-7-9(15)16/h4-7H2,1-3H3,(H,15,16)(H2,12,13,14,17). The first-order chi connectivity index (χ1) is 7.70. The van der Waals surface area contributed by atoms with Gasteiger partial charge < -0.3 is 10.4 Å². The number of carboxylic acid groups (broad SMARTS) is 1. The van der Waals surface area contributed by atoms with Crippen LogP contribution in [0, 0.1) is 0 Å². The molecule has 0 spiro atoms. The highest BCUT2D eigenvalue weighted by molar-refractivity contribution is 5.94. The van der Waals surface area contributed by atoms with Crippen molar-refractivity contribution >= 4 is 17.9 Å². The van der Waals surface area contributed by atoms with Gasteiger partial charge in [-0.3, -0.25) is 14.9 Å². The van der Waals surface area contributed by atoms with E-state index in [2.05, 4.69) is 10.6 Å². The largest absolute Gasteiger partial charge is 0.481 e. The van der Waals surface area contributed by atoms with Gasteiger partial charge in [0.1, 0.15) is 0 Å². The van der Waals surface area contributed by atoms with E-state index in [4.69, 9.17) is 5.11 Å². The van der Waals surface area contributed by atoms with Crippen molar-refractivity contribution in [2.75, 3.05) is 0 Å². The highest BCUT2D eigenvalue weighted by atomic mass is 16.4. The Hall–Kier alpha value is -1.59. The minimum atomic E-state index is -0.879. The Morgan fingerprint density at radius 1 is 1.06 bits per heavy atom. The summed E-state index contributed by atoms with van der Waals surface area (Å²) >= 11 is 0. The summed E-state index contributed by atoms with van der Waals surface area (Å²) in [6.45, 7) is 5.43. The van der Waals surface area contributed by atoms with E-state index in [1.807, 2.05) is 20.8 Å². The molecule has 98 valence electrons. The van der Waals surface area contributed by atoms with E-state index < -0.39 is 23.4 Å². The number of rotatable bonds is 5. The zero-order valence-corrected chi connectivity index (χ0v) is 10.5. The maximum Gasteiger partial charge on any atom is 0.321 e. The zero-order valence-electron chi connectivity index (χ0n) is 10.5. The molecule has 0 saturated heterocycles. The molecule has 0 saturated carbocycles. The van der Waals surface area contributed by atoms with Crippen LogP contribution in [0.2, 0.25) is 0 Å². The lowest BCUT2D eigenvalue weighted by Crippen LogP contribution is -2.48. The van der Waals surface area contributed by atoms with Gasteiger partial charge in [-0.2, -0.15) is 0 Å². The number of carboxylic acids is 1. The van der Waals surface area contributed by atoms with Crippen LogP contribution in [0.3, 0.4) is 0 Å². The van der Waals surface area contributed by atoms with E-state index in [0.29, 0.717) is 12.8 Å². The lowest BCUT2D eigenvalue weighted by Gasteiger charge is -2.20. The summed E-state index contributed by atoms with van der Waals surface area (Å²) in [5, 5.41) is 13.2. The Morgan fingerprint density at radius 3 is 2.06 bits per heavy atom. The summed E-state index contributed by atoms with van der Waals surface area (Å²) in [5.41, 5.74) is -0.395. The Kier molecular flexibility index (Phi) is 6.23. The van der Waals surface area contributed by atoms with Crippen molar-refractivity contribution in [1.29, 1.82) is 0 Å². The Labute approximate surface area is 101 Å². The number of imide groups is 1. The van der Waals surface area contributed by atoms with Gasteiger partial charge in [0.15, 0.2) is 0 Å². The smallest absolute Gasteiger partial charge is 0.321 e. The number of carbonyl (C=O) groups excluding carboxylic acids is 2. The van der Waals surface area contributed by atoms with E-state index in [1.165, 1.54) is 0 Å². The number of hydrogen-bond acceptors (Lipinski definition) is 3. The molecular weight excluding hydrogens is 224 g/mol. The third kappa shape index (κ3) is 10.7. The molecule has 0 bridgehead atoms. The van der Waals surface area contributed by atoms with Crippen molar-refractivity contribution in [1.82, 2.24) is 10.6 Å². The number of carbonyl (C=O) groups is 3. The van der Waals surface area contributed by atoms with E-state index in [9.17, 15) is 14.4 Å². The Balaban J connectivity index is 3.72. The van der Waals surface area contributed by atoms with Gasteiger partial charge in [-0.05, 0) is 33.6 Å². The molecule has 0 atom stereocenters. The Morgan fingerprint density at radius 2 is 1.59 bits per heavy atom. The third-order valence-electron chi connectivity index (χ3n) is 1.79. The molecule has 17 heavy (non-hydrogen) atoms. The molecule has 0 aromatic heterocycles. The molecule has 0 fully saturated rings. The van der Waals surface area contributed by atoms with Crippen LogP contribution in [-0.4, -0.2) is 28.6 Å². The van der Waals surface area contributed by atoms with E-state index >= 15 is 0 Å². The lowest BCUT2D eigenvalue weighted by molar-refractivity contribution is -0.137. The van der Waals surface area contributed by atoms with Gasteiger partial charge in [0.25, 0.3) is 0 Å². The molecule has 0 aliphatic rings. The molecule has 0 aliphatic carbocycles. The van der Waals surface area contributed by atoms with Crippen LogP contribution in [0.15, 0.2) is 0 Å². The average molecular weight is 244 g/mol. The van der Waals surface area contributed by atoms with Crippen molar-refractivity contribution in [2.45, 2.75) is 52.0 Å². The van der Waals surface area contributed by atoms with Gasteiger partial charge >= 0.3 is 12.0 Å². The third-order valence-corrected chi connectivity index (χ3v) is 1.79. The van der Waals surface area contributed by atoms with E-state index in [1.54, 1.807) is 0 Å². The van der Waals surface area contributed by atoms with E-state index in [0.717, 1.165) is 0 Å². The topological polar surface area (TPSA) is 95.5 Å². The summed E-state index contributed by atoms with van der Waals surface area (Å²) in [6.07, 6.45) is 1.09. The molecule has 6 nitrogen and oxygen atoms in total. The molecule has 0 aliphatic heterocycles. The normalized spacial score (nSPS) is 10.8. The number of amides is 3. The second-order valence-corrected chi connectivity index (χ2v) is 4.85. The van der Waals surface area contributed by atoms with Gasteiger partial charge in [0.05, 0.1) is 0 Å². The fraction of sp³-hybridized carbons (Fsp3) is 0.727. The Bertz CT molecular complexity index is 294. The van der Waals surface area contributed by atoms with Crippen molar-refractivity contribution < 1.29 is 19.5 Å². The maximum absolute atomic E-state index is 11.3. The van der Waals surface area contributed by atoms with Crippen LogP contribution in [0.1, 0.15) is 46.5 Å². The average Bonchev–Trinajstić information content (AvgIpc) is 2.08. The lowest BCUT2D eigenvalue weighted by atomic mass is 10.1. The summed E-state index contributed by atoms with van der Waals surface area (Å²) in [5.74, 6) is -1.27. The van der Waals surface area contributed by atoms with Gasteiger partial charge in [0, 0.05) is 18.4 Å². The summed E-state index contributed by atoms with van der Waals surface area (Å²) in [7, 11) is 0. The number of urea groups is 1. The highest BCUT2D eigenvalue weighted by Gasteiger charge is 2.15. The van der Waals surface area contributed by atoms with Crippen LogP contribution in [0.5, 0.6) is 0 Å². The van der Waals surface area contributed by atoms with Gasteiger partial charge in [-0.15, -0.1) is 0 Å². The van der Waals surface area contributed by atoms with Crippen LogP contribution in [0.25, 0.3) is 0 Å². The van der Waals surface area contributed by atoms with Crippen LogP contribution in [0.4, 0.5) is 4.79 Å². The van der Waals surface area contributed by atoms with Gasteiger partial charge in [-0.1, -0.05) is 0 Å². The van der Waals surface area contributed by atoms with Crippen LogP contribution in [-0.2, 0) is 9.59 Å². The predicted molar refractivity (Wildman–Crippen MR) is 62.5 cm³/mol. The molecule has 3 N–H and O–H groups in total. The van der Waals surface area contributed by atoms with Crippen LogP contribution < -0.4 is 10.6 Å². The minimum Gasteiger partial charge on any atom is -0.481 e. The summed E-state index contributed by atoms with van der Waals surface area (Å²) < 4.78 is 0. The molecule has 0 aromatic carbocycles. The number of hydrogen-bond donors (Lipinski definition) is 3. The SMILES string of the molecule is CC(C)(C)NC(=O)NC(=O)CCCCC(=O)O. The van der Waals surface area contributed by atoms with Crippen molar-refractivity contribution in [3.63, 3.8) is 0 Å². The van der Waals surface area contributed by atoms with Gasteiger partial charge in [-0.25, -0.2) is 4.79 Å². The van der Waals surface area contributed by atoms with Crippen molar-refractivity contribution in [3.05, 3.63) is 0 Å². The quantitative estimate of drug-likeness (QED) is 0.634. The number of nitrogens with one attached hydrogen (secondary N) is 2. The number of unbranched alkanes of at least 4 members (excludes halogenated alkanes) is 1. The highest BCUT2D eigenvalue weighted by Crippen LogP contribution is 2.00. The molecule has 6 heteroatoms. The van der Waals surface area contributed by atoms with Crippen molar-refractivity contribution in [3.8, 4) is 0 Å². The molecule has 0 unspecified atom stereocenters. The van der Waals surface area contributed by atoms with Crippen LogP contribution >= 0.6 is 0 Å². The first-order valence-corrected chi connectivity index (χ1v) is 5.54. The summed E-state index contributed by atoms with van der Waals surface area (Å²) in [6, 6.07) is -0.527. The van der Waals surface area contributed by atoms with E-state index in [-0.39, 0.29) is 12.8 Å². The maximum atomic E-state index is 11.3. The zero-order chi connectivity index (χ0) is 13.5.